The molecule has 1 aliphatic heterocycles. The van der Waals surface area contributed by atoms with E-state index in [-0.39, 0.29) is 11.9 Å². The van der Waals surface area contributed by atoms with Gasteiger partial charge in [-0.1, -0.05) is 42.5 Å². The molecule has 1 aliphatic rings. The Bertz CT molecular complexity index is 890. The number of hydrogen-bond acceptors (Lipinski definition) is 4. The zero-order valence-electron chi connectivity index (χ0n) is 14.6. The minimum Gasteiger partial charge on any atom is -0.497 e. The van der Waals surface area contributed by atoms with Crippen molar-refractivity contribution >= 4 is 17.2 Å². The molecule has 1 atom stereocenters. The van der Waals surface area contributed by atoms with Crippen LogP contribution in [-0.4, -0.2) is 29.4 Å². The molecule has 1 saturated heterocycles. The Hall–Kier alpha value is -2.66. The van der Waals surface area contributed by atoms with E-state index >= 15 is 0 Å². The Morgan fingerprint density at radius 2 is 1.92 bits per heavy atom. The first-order valence-electron chi connectivity index (χ1n) is 8.72. The maximum Gasteiger partial charge on any atom is 0.266 e. The minimum atomic E-state index is 0.0722. The van der Waals surface area contributed by atoms with Crippen LogP contribution >= 0.6 is 11.3 Å². The summed E-state index contributed by atoms with van der Waals surface area (Å²) in [5, 5.41) is 0.883. The Morgan fingerprint density at radius 1 is 1.15 bits per heavy atom. The van der Waals surface area contributed by atoms with E-state index < -0.39 is 0 Å². The maximum atomic E-state index is 13.1. The summed E-state index contributed by atoms with van der Waals surface area (Å²) in [5.41, 5.74) is 2.20. The summed E-state index contributed by atoms with van der Waals surface area (Å²) in [5.74, 6) is 0.905. The Kier molecular flexibility index (Phi) is 4.71. The van der Waals surface area contributed by atoms with Gasteiger partial charge in [0.1, 0.15) is 15.6 Å². The predicted molar refractivity (Wildman–Crippen MR) is 104 cm³/mol. The van der Waals surface area contributed by atoms with Crippen molar-refractivity contribution in [2.24, 2.45) is 0 Å². The van der Waals surface area contributed by atoms with Gasteiger partial charge in [-0.05, 0) is 30.5 Å². The third-order valence-electron chi connectivity index (χ3n) is 4.75. The van der Waals surface area contributed by atoms with Crippen LogP contribution in [0.2, 0.25) is 0 Å². The van der Waals surface area contributed by atoms with E-state index in [4.69, 9.17) is 4.74 Å². The molecule has 0 spiro atoms. The SMILES string of the molecule is COc1ccc([C@@H]2CCCN2C(=O)c2cnc(-c3ccccc3)s2)cc1. The Labute approximate surface area is 157 Å². The number of carbonyl (C=O) groups excluding carboxylic acids is 1. The molecule has 0 radical (unpaired) electrons. The van der Waals surface area contributed by atoms with Crippen LogP contribution in [0.3, 0.4) is 0 Å². The number of ether oxygens (including phenoxy) is 1. The largest absolute Gasteiger partial charge is 0.497 e. The number of methoxy groups -OCH3 is 1. The van der Waals surface area contributed by atoms with Crippen LogP contribution in [0.1, 0.15) is 34.1 Å². The number of carbonyl (C=O) groups is 1. The van der Waals surface area contributed by atoms with Crippen molar-refractivity contribution < 1.29 is 9.53 Å². The van der Waals surface area contributed by atoms with Crippen molar-refractivity contribution in [3.8, 4) is 16.3 Å². The summed E-state index contributed by atoms with van der Waals surface area (Å²) in [6.07, 6.45) is 3.72. The molecule has 2 heterocycles. The number of likely N-dealkylation sites (tertiary alicyclic amines) is 1. The molecule has 0 bridgehead atoms. The lowest BCUT2D eigenvalue weighted by Gasteiger charge is -2.24. The van der Waals surface area contributed by atoms with Gasteiger partial charge >= 0.3 is 0 Å². The zero-order chi connectivity index (χ0) is 17.9. The standard InChI is InChI=1S/C21H20N2O2S/c1-25-17-11-9-15(10-12-17)18-8-5-13-23(18)21(24)19-14-22-20(26-19)16-6-3-2-4-7-16/h2-4,6-7,9-12,14,18H,5,8,13H2,1H3/t18-/m0/s1. The number of thiazole rings is 1. The van der Waals surface area contributed by atoms with Gasteiger partial charge in [0.2, 0.25) is 0 Å². The fourth-order valence-corrected chi connectivity index (χ4v) is 4.29. The molecule has 0 aliphatic carbocycles. The van der Waals surface area contributed by atoms with Crippen LogP contribution in [0.25, 0.3) is 10.6 Å². The van der Waals surface area contributed by atoms with Gasteiger partial charge in [-0.15, -0.1) is 11.3 Å². The van der Waals surface area contributed by atoms with Crippen LogP contribution < -0.4 is 4.74 Å². The molecule has 26 heavy (non-hydrogen) atoms. The van der Waals surface area contributed by atoms with Crippen molar-refractivity contribution in [2.45, 2.75) is 18.9 Å². The highest BCUT2D eigenvalue weighted by Gasteiger charge is 2.31. The van der Waals surface area contributed by atoms with Crippen molar-refractivity contribution in [1.82, 2.24) is 9.88 Å². The molecule has 0 N–H and O–H groups in total. The molecule has 1 aromatic heterocycles. The second kappa shape index (κ2) is 7.30. The summed E-state index contributed by atoms with van der Waals surface area (Å²) >= 11 is 1.46. The number of aromatic nitrogens is 1. The average Bonchev–Trinajstić information content (AvgIpc) is 3.38. The van der Waals surface area contributed by atoms with Crippen LogP contribution in [0.15, 0.2) is 60.8 Å². The topological polar surface area (TPSA) is 42.4 Å². The first kappa shape index (κ1) is 16.8. The molecule has 1 fully saturated rings. The number of rotatable bonds is 4. The number of benzene rings is 2. The van der Waals surface area contributed by atoms with Gasteiger partial charge in [0.15, 0.2) is 0 Å². The molecule has 3 aromatic rings. The van der Waals surface area contributed by atoms with Crippen LogP contribution in [0.5, 0.6) is 5.75 Å². The lowest BCUT2D eigenvalue weighted by atomic mass is 10.0. The van der Waals surface area contributed by atoms with E-state index in [1.54, 1.807) is 13.3 Å². The first-order valence-corrected chi connectivity index (χ1v) is 9.54. The molecule has 4 nitrogen and oxygen atoms in total. The molecular weight excluding hydrogens is 344 g/mol. The zero-order valence-corrected chi connectivity index (χ0v) is 15.4. The van der Waals surface area contributed by atoms with Gasteiger partial charge in [0.05, 0.1) is 19.3 Å². The summed E-state index contributed by atoms with van der Waals surface area (Å²) in [4.78, 5) is 20.2. The van der Waals surface area contributed by atoms with Crippen molar-refractivity contribution in [1.29, 1.82) is 0 Å². The van der Waals surface area contributed by atoms with E-state index in [9.17, 15) is 4.79 Å². The third kappa shape index (κ3) is 3.22. The van der Waals surface area contributed by atoms with Crippen LogP contribution in [0.4, 0.5) is 0 Å². The summed E-state index contributed by atoms with van der Waals surface area (Å²) in [6.45, 7) is 0.786. The van der Waals surface area contributed by atoms with E-state index in [1.165, 1.54) is 11.3 Å². The van der Waals surface area contributed by atoms with Gasteiger partial charge in [-0.25, -0.2) is 4.98 Å². The smallest absolute Gasteiger partial charge is 0.266 e. The molecule has 0 unspecified atom stereocenters. The molecule has 1 amide bonds. The highest BCUT2D eigenvalue weighted by molar-refractivity contribution is 7.16. The number of amides is 1. The number of hydrogen-bond donors (Lipinski definition) is 0. The lowest BCUT2D eigenvalue weighted by Crippen LogP contribution is -2.29. The lowest BCUT2D eigenvalue weighted by molar-refractivity contribution is 0.0740. The van der Waals surface area contributed by atoms with Gasteiger partial charge in [-0.3, -0.25) is 4.79 Å². The predicted octanol–water partition coefficient (Wildman–Crippen LogP) is 4.80. The Balaban J connectivity index is 1.56. The molecule has 2 aromatic carbocycles. The Morgan fingerprint density at radius 3 is 2.65 bits per heavy atom. The second-order valence-electron chi connectivity index (χ2n) is 6.33. The van der Waals surface area contributed by atoms with Crippen molar-refractivity contribution in [3.05, 3.63) is 71.2 Å². The molecule has 132 valence electrons. The van der Waals surface area contributed by atoms with E-state index in [0.717, 1.165) is 41.3 Å². The monoisotopic (exact) mass is 364 g/mol. The van der Waals surface area contributed by atoms with Crippen LogP contribution in [0, 0.1) is 0 Å². The fourth-order valence-electron chi connectivity index (χ4n) is 3.41. The van der Waals surface area contributed by atoms with Gasteiger partial charge < -0.3 is 9.64 Å². The summed E-state index contributed by atoms with van der Waals surface area (Å²) in [6, 6.07) is 18.1. The van der Waals surface area contributed by atoms with E-state index in [2.05, 4.69) is 17.1 Å². The van der Waals surface area contributed by atoms with Crippen molar-refractivity contribution in [3.63, 3.8) is 0 Å². The van der Waals surface area contributed by atoms with E-state index in [0.29, 0.717) is 4.88 Å². The average molecular weight is 364 g/mol. The molecule has 0 saturated carbocycles. The highest BCUT2D eigenvalue weighted by Crippen LogP contribution is 2.35. The summed E-state index contributed by atoms with van der Waals surface area (Å²) in [7, 11) is 1.66. The quantitative estimate of drug-likeness (QED) is 0.668. The maximum absolute atomic E-state index is 13.1. The van der Waals surface area contributed by atoms with Gasteiger partial charge in [0.25, 0.3) is 5.91 Å². The highest BCUT2D eigenvalue weighted by atomic mass is 32.1. The molecule has 4 rings (SSSR count). The third-order valence-corrected chi connectivity index (χ3v) is 5.79. The fraction of sp³-hybridized carbons (Fsp3) is 0.238. The van der Waals surface area contributed by atoms with Crippen LogP contribution in [-0.2, 0) is 0 Å². The van der Waals surface area contributed by atoms with Gasteiger partial charge in [0, 0.05) is 12.1 Å². The van der Waals surface area contributed by atoms with E-state index in [1.807, 2.05) is 47.4 Å². The second-order valence-corrected chi connectivity index (χ2v) is 7.36. The normalized spacial score (nSPS) is 16.7. The van der Waals surface area contributed by atoms with Gasteiger partial charge in [-0.2, -0.15) is 0 Å². The molecular formula is C21H20N2O2S. The molecule has 5 heteroatoms. The van der Waals surface area contributed by atoms with Crippen molar-refractivity contribution in [2.75, 3.05) is 13.7 Å². The minimum absolute atomic E-state index is 0.0722. The summed E-state index contributed by atoms with van der Waals surface area (Å²) < 4.78 is 5.23. The number of nitrogens with zero attached hydrogens (tertiary/aromatic N) is 2. The first-order chi connectivity index (χ1) is 12.8.